The number of allylic oxidation sites excluding steroid dienone is 1. The molecule has 3 heteroatoms. The summed E-state index contributed by atoms with van der Waals surface area (Å²) in [5, 5.41) is 1.21. The molecule has 2 rings (SSSR count). The van der Waals surface area contributed by atoms with E-state index in [0.29, 0.717) is 5.57 Å². The maximum atomic E-state index is 12.1. The highest BCUT2D eigenvalue weighted by molar-refractivity contribution is 7.94. The van der Waals surface area contributed by atoms with E-state index in [-0.39, 0.29) is 4.90 Å². The Balaban J connectivity index is 2.26. The second kappa shape index (κ2) is 6.23. The van der Waals surface area contributed by atoms with Gasteiger partial charge >= 0.3 is 0 Å². The van der Waals surface area contributed by atoms with Crippen LogP contribution in [0.4, 0.5) is 0 Å². The first kappa shape index (κ1) is 14.1. The van der Waals surface area contributed by atoms with Gasteiger partial charge in [0.25, 0.3) is 0 Å². The van der Waals surface area contributed by atoms with E-state index in [1.807, 2.05) is 30.3 Å². The van der Waals surface area contributed by atoms with Crippen molar-refractivity contribution >= 4 is 9.84 Å². The number of hydrogen-bond acceptors (Lipinski definition) is 2. The Morgan fingerprint density at radius 1 is 0.950 bits per heavy atom. The van der Waals surface area contributed by atoms with Gasteiger partial charge in [0.2, 0.25) is 9.84 Å². The Morgan fingerprint density at radius 3 is 2.10 bits per heavy atom. The van der Waals surface area contributed by atoms with Crippen LogP contribution >= 0.6 is 0 Å². The van der Waals surface area contributed by atoms with Crippen LogP contribution in [0.1, 0.15) is 12.5 Å². The van der Waals surface area contributed by atoms with Crippen molar-refractivity contribution in [2.45, 2.75) is 11.8 Å². The van der Waals surface area contributed by atoms with Gasteiger partial charge in [-0.15, -0.1) is 0 Å². The zero-order chi connectivity index (χ0) is 14.4. The van der Waals surface area contributed by atoms with Crippen LogP contribution in [-0.4, -0.2) is 8.42 Å². The van der Waals surface area contributed by atoms with Gasteiger partial charge in [-0.05, 0) is 31.2 Å². The summed E-state index contributed by atoms with van der Waals surface area (Å²) < 4.78 is 24.2. The van der Waals surface area contributed by atoms with Crippen LogP contribution in [0, 0.1) is 11.8 Å². The molecule has 0 spiro atoms. The van der Waals surface area contributed by atoms with E-state index in [1.165, 1.54) is 5.41 Å². The maximum absolute atomic E-state index is 12.1. The van der Waals surface area contributed by atoms with Crippen molar-refractivity contribution in [2.24, 2.45) is 0 Å². The molecule has 0 heterocycles. The summed E-state index contributed by atoms with van der Waals surface area (Å²) in [4.78, 5) is 0.279. The minimum absolute atomic E-state index is 0.279. The highest BCUT2D eigenvalue weighted by Crippen LogP contribution is 2.13. The molecule has 0 aromatic heterocycles. The fourth-order valence-corrected chi connectivity index (χ4v) is 2.83. The van der Waals surface area contributed by atoms with Gasteiger partial charge in [-0.3, -0.25) is 0 Å². The van der Waals surface area contributed by atoms with Gasteiger partial charge in [0.15, 0.2) is 0 Å². The van der Waals surface area contributed by atoms with Gasteiger partial charge in [0, 0.05) is 16.5 Å². The van der Waals surface area contributed by atoms with E-state index in [4.69, 9.17) is 0 Å². The maximum Gasteiger partial charge on any atom is 0.200 e. The molecule has 2 aromatic rings. The summed E-state index contributed by atoms with van der Waals surface area (Å²) in [5.41, 5.74) is 1.37. The summed E-state index contributed by atoms with van der Waals surface area (Å²) in [7, 11) is -3.43. The average molecular weight is 282 g/mol. The van der Waals surface area contributed by atoms with Gasteiger partial charge in [0.05, 0.1) is 4.90 Å². The molecule has 100 valence electrons. The minimum Gasteiger partial charge on any atom is -0.219 e. The van der Waals surface area contributed by atoms with Gasteiger partial charge in [-0.2, -0.15) is 0 Å². The fraction of sp³-hybridized carbons (Fsp3) is 0.0588. The number of rotatable bonds is 2. The van der Waals surface area contributed by atoms with E-state index >= 15 is 0 Å². The van der Waals surface area contributed by atoms with Crippen LogP contribution in [0.3, 0.4) is 0 Å². The first-order valence-corrected chi connectivity index (χ1v) is 7.68. The van der Waals surface area contributed by atoms with Crippen molar-refractivity contribution in [2.75, 3.05) is 0 Å². The van der Waals surface area contributed by atoms with Gasteiger partial charge in [0.1, 0.15) is 0 Å². The molecule has 0 atom stereocenters. The first-order valence-electron chi connectivity index (χ1n) is 6.13. The van der Waals surface area contributed by atoms with Gasteiger partial charge < -0.3 is 0 Å². The molecule has 2 nitrogen and oxygen atoms in total. The molecule has 0 saturated carbocycles. The third kappa shape index (κ3) is 3.84. The summed E-state index contributed by atoms with van der Waals surface area (Å²) in [6, 6.07) is 17.8. The third-order valence-corrected chi connectivity index (χ3v) is 4.17. The quantitative estimate of drug-likeness (QED) is 0.791. The predicted octanol–water partition coefficient (Wildman–Crippen LogP) is 3.42. The van der Waals surface area contributed by atoms with Crippen LogP contribution in [0.2, 0.25) is 0 Å². The van der Waals surface area contributed by atoms with Crippen molar-refractivity contribution in [1.29, 1.82) is 0 Å². The molecule has 0 amide bonds. The Labute approximate surface area is 119 Å². The van der Waals surface area contributed by atoms with Crippen LogP contribution in [0.15, 0.2) is 76.5 Å². The lowest BCUT2D eigenvalue weighted by molar-refractivity contribution is 0.604. The summed E-state index contributed by atoms with van der Waals surface area (Å²) in [6.45, 7) is 1.69. The second-order valence-electron chi connectivity index (χ2n) is 4.27. The SMILES string of the molecule is C/C(C#Cc1ccccc1)=C\S(=O)(=O)c1ccccc1. The predicted molar refractivity (Wildman–Crippen MR) is 80.7 cm³/mol. The molecular weight excluding hydrogens is 268 g/mol. The normalized spacial score (nSPS) is 11.6. The molecule has 0 bridgehead atoms. The van der Waals surface area contributed by atoms with E-state index in [1.54, 1.807) is 37.3 Å². The molecular formula is C17H14O2S. The molecule has 2 aromatic carbocycles. The lowest BCUT2D eigenvalue weighted by Crippen LogP contribution is -1.96. The lowest BCUT2D eigenvalue weighted by atomic mass is 10.2. The minimum atomic E-state index is -3.43. The Morgan fingerprint density at radius 2 is 1.50 bits per heavy atom. The van der Waals surface area contributed by atoms with Crippen LogP contribution in [0.5, 0.6) is 0 Å². The molecule has 0 radical (unpaired) electrons. The number of sulfone groups is 1. The highest BCUT2D eigenvalue weighted by atomic mass is 32.2. The van der Waals surface area contributed by atoms with Gasteiger partial charge in [-0.25, -0.2) is 8.42 Å². The summed E-state index contributed by atoms with van der Waals surface area (Å²) in [5.74, 6) is 5.79. The molecule has 0 aliphatic heterocycles. The van der Waals surface area contributed by atoms with E-state index < -0.39 is 9.84 Å². The largest absolute Gasteiger partial charge is 0.219 e. The van der Waals surface area contributed by atoms with Crippen LogP contribution < -0.4 is 0 Å². The van der Waals surface area contributed by atoms with Crippen LogP contribution in [0.25, 0.3) is 0 Å². The molecule has 0 aliphatic carbocycles. The standard InChI is InChI=1S/C17H14O2S/c1-15(12-13-16-8-4-2-5-9-16)14-20(18,19)17-10-6-3-7-11-17/h2-11,14H,1H3/b15-14+. The van der Waals surface area contributed by atoms with E-state index in [0.717, 1.165) is 5.56 Å². The first-order chi connectivity index (χ1) is 9.58. The van der Waals surface area contributed by atoms with E-state index in [9.17, 15) is 8.42 Å². The topological polar surface area (TPSA) is 34.1 Å². The Kier molecular flexibility index (Phi) is 4.39. The third-order valence-electron chi connectivity index (χ3n) is 2.58. The van der Waals surface area contributed by atoms with E-state index in [2.05, 4.69) is 11.8 Å². The summed E-state index contributed by atoms with van der Waals surface area (Å²) in [6.07, 6.45) is 0. The molecule has 20 heavy (non-hydrogen) atoms. The van der Waals surface area contributed by atoms with Gasteiger partial charge in [-0.1, -0.05) is 48.2 Å². The zero-order valence-corrected chi connectivity index (χ0v) is 11.9. The van der Waals surface area contributed by atoms with Crippen molar-refractivity contribution in [3.8, 4) is 11.8 Å². The van der Waals surface area contributed by atoms with Crippen LogP contribution in [-0.2, 0) is 9.84 Å². The molecule has 0 fully saturated rings. The molecule has 0 aliphatic rings. The van der Waals surface area contributed by atoms with Crippen molar-refractivity contribution in [3.63, 3.8) is 0 Å². The Hall–Kier alpha value is -2.31. The number of hydrogen-bond donors (Lipinski definition) is 0. The van der Waals surface area contributed by atoms with Crippen molar-refractivity contribution in [1.82, 2.24) is 0 Å². The summed E-state index contributed by atoms with van der Waals surface area (Å²) >= 11 is 0. The average Bonchev–Trinajstić information content (AvgIpc) is 2.47. The smallest absolute Gasteiger partial charge is 0.200 e. The second-order valence-corrected chi connectivity index (χ2v) is 6.07. The van der Waals surface area contributed by atoms with Crippen molar-refractivity contribution < 1.29 is 8.42 Å². The monoisotopic (exact) mass is 282 g/mol. The number of benzene rings is 2. The molecule has 0 unspecified atom stereocenters. The molecule has 0 saturated heterocycles. The Bertz CT molecular complexity index is 762. The zero-order valence-electron chi connectivity index (χ0n) is 11.1. The van der Waals surface area contributed by atoms with Crippen molar-refractivity contribution in [3.05, 3.63) is 77.2 Å². The molecule has 0 N–H and O–H groups in total. The fourth-order valence-electron chi connectivity index (χ4n) is 1.63. The highest BCUT2D eigenvalue weighted by Gasteiger charge is 2.09. The lowest BCUT2D eigenvalue weighted by Gasteiger charge is -1.98.